The van der Waals surface area contributed by atoms with Crippen molar-refractivity contribution in [2.24, 2.45) is 0 Å². The van der Waals surface area contributed by atoms with Crippen molar-refractivity contribution in [1.29, 1.82) is 0 Å². The number of aryl methyl sites for hydroxylation is 1. The quantitative estimate of drug-likeness (QED) is 0.737. The normalized spacial score (nSPS) is 10.4. The number of anilines is 1. The molecule has 0 atom stereocenters. The molecule has 0 unspecified atom stereocenters. The maximum Gasteiger partial charge on any atom is 0.221 e. The molecular formula is C12H21N3O2. The number of nitrogens with zero attached hydrogens (tertiary/aromatic N) is 2. The van der Waals surface area contributed by atoms with Crippen LogP contribution in [0.25, 0.3) is 0 Å². The molecule has 0 aromatic carbocycles. The van der Waals surface area contributed by atoms with Gasteiger partial charge < -0.3 is 14.8 Å². The van der Waals surface area contributed by atoms with Gasteiger partial charge in [0.2, 0.25) is 5.88 Å². The van der Waals surface area contributed by atoms with E-state index in [2.05, 4.69) is 15.3 Å². The Hall–Kier alpha value is -1.36. The highest BCUT2D eigenvalue weighted by molar-refractivity contribution is 5.48. The maximum atomic E-state index is 5.59. The van der Waals surface area contributed by atoms with Gasteiger partial charge in [0.1, 0.15) is 18.2 Å². The zero-order valence-electron chi connectivity index (χ0n) is 11.0. The fourth-order valence-electron chi connectivity index (χ4n) is 1.42. The summed E-state index contributed by atoms with van der Waals surface area (Å²) in [6.07, 6.45) is 0. The molecule has 0 amide bonds. The predicted molar refractivity (Wildman–Crippen MR) is 67.7 cm³/mol. The Bertz CT molecular complexity index is 356. The summed E-state index contributed by atoms with van der Waals surface area (Å²) >= 11 is 0. The number of rotatable bonds is 7. The van der Waals surface area contributed by atoms with E-state index in [1.165, 1.54) is 0 Å². The molecule has 0 spiro atoms. The number of ether oxygens (including phenoxy) is 2. The van der Waals surface area contributed by atoms with Gasteiger partial charge in [0, 0.05) is 13.2 Å². The molecule has 0 radical (unpaired) electrons. The summed E-state index contributed by atoms with van der Waals surface area (Å²) in [7, 11) is 0. The molecule has 0 bridgehead atoms. The summed E-state index contributed by atoms with van der Waals surface area (Å²) in [5.41, 5.74) is 0.939. The largest absolute Gasteiger partial charge is 0.475 e. The Morgan fingerprint density at radius 3 is 2.53 bits per heavy atom. The van der Waals surface area contributed by atoms with Crippen molar-refractivity contribution in [3.05, 3.63) is 11.4 Å². The molecule has 0 saturated carbocycles. The highest BCUT2D eigenvalue weighted by Gasteiger charge is 2.09. The van der Waals surface area contributed by atoms with Crippen LogP contribution in [-0.4, -0.2) is 36.3 Å². The molecule has 17 heavy (non-hydrogen) atoms. The number of hydrogen-bond acceptors (Lipinski definition) is 5. The first-order valence-corrected chi connectivity index (χ1v) is 5.98. The lowest BCUT2D eigenvalue weighted by Gasteiger charge is -2.12. The fraction of sp³-hybridized carbons (Fsp3) is 0.667. The lowest BCUT2D eigenvalue weighted by Crippen LogP contribution is -2.11. The van der Waals surface area contributed by atoms with Gasteiger partial charge in [-0.3, -0.25) is 0 Å². The standard InChI is InChI=1S/C12H21N3O2/c1-5-13-11-9(3)12(15-10(4)14-11)17-8-7-16-6-2/h5-8H2,1-4H3,(H,13,14,15). The number of hydrogen-bond donors (Lipinski definition) is 1. The molecule has 0 aliphatic rings. The Kier molecular flexibility index (Phi) is 5.69. The number of aromatic nitrogens is 2. The van der Waals surface area contributed by atoms with Crippen molar-refractivity contribution in [3.63, 3.8) is 0 Å². The average molecular weight is 239 g/mol. The van der Waals surface area contributed by atoms with E-state index in [0.717, 1.165) is 17.9 Å². The van der Waals surface area contributed by atoms with Crippen LogP contribution >= 0.6 is 0 Å². The monoisotopic (exact) mass is 239 g/mol. The third kappa shape index (κ3) is 4.19. The Morgan fingerprint density at radius 1 is 1.12 bits per heavy atom. The van der Waals surface area contributed by atoms with E-state index in [9.17, 15) is 0 Å². The van der Waals surface area contributed by atoms with E-state index >= 15 is 0 Å². The van der Waals surface area contributed by atoms with Crippen LogP contribution in [0, 0.1) is 13.8 Å². The Labute approximate surface area is 103 Å². The molecule has 1 N–H and O–H groups in total. The van der Waals surface area contributed by atoms with Crippen LogP contribution in [0.2, 0.25) is 0 Å². The predicted octanol–water partition coefficient (Wildman–Crippen LogP) is 1.94. The van der Waals surface area contributed by atoms with Gasteiger partial charge in [-0.25, -0.2) is 4.98 Å². The minimum Gasteiger partial charge on any atom is -0.475 e. The van der Waals surface area contributed by atoms with Crippen molar-refractivity contribution < 1.29 is 9.47 Å². The first kappa shape index (κ1) is 13.7. The summed E-state index contributed by atoms with van der Waals surface area (Å²) in [6, 6.07) is 0. The topological polar surface area (TPSA) is 56.3 Å². The average Bonchev–Trinajstić information content (AvgIpc) is 2.30. The summed E-state index contributed by atoms with van der Waals surface area (Å²) in [5.74, 6) is 2.18. The Balaban J connectivity index is 2.69. The molecule has 1 heterocycles. The van der Waals surface area contributed by atoms with Crippen LogP contribution in [0.1, 0.15) is 25.2 Å². The van der Waals surface area contributed by atoms with E-state index in [-0.39, 0.29) is 0 Å². The van der Waals surface area contributed by atoms with Gasteiger partial charge in [0.25, 0.3) is 0 Å². The molecule has 0 aliphatic heterocycles. The van der Waals surface area contributed by atoms with Crippen molar-refractivity contribution in [1.82, 2.24) is 9.97 Å². The van der Waals surface area contributed by atoms with Crippen LogP contribution in [0.3, 0.4) is 0 Å². The third-order valence-electron chi connectivity index (χ3n) is 2.23. The summed E-state index contributed by atoms with van der Waals surface area (Å²) in [4.78, 5) is 8.62. The maximum absolute atomic E-state index is 5.59. The molecule has 5 nitrogen and oxygen atoms in total. The van der Waals surface area contributed by atoms with Gasteiger partial charge >= 0.3 is 0 Å². The van der Waals surface area contributed by atoms with E-state index in [0.29, 0.717) is 31.5 Å². The third-order valence-corrected chi connectivity index (χ3v) is 2.23. The van der Waals surface area contributed by atoms with E-state index in [1.54, 1.807) is 0 Å². The molecule has 1 aromatic rings. The molecular weight excluding hydrogens is 218 g/mol. The van der Waals surface area contributed by atoms with Gasteiger partial charge in [-0.15, -0.1) is 0 Å². The second-order valence-electron chi connectivity index (χ2n) is 3.63. The van der Waals surface area contributed by atoms with Crippen molar-refractivity contribution in [3.8, 4) is 5.88 Å². The second-order valence-corrected chi connectivity index (χ2v) is 3.63. The molecule has 5 heteroatoms. The first-order chi connectivity index (χ1) is 8.19. The van der Waals surface area contributed by atoms with Gasteiger partial charge in [-0.2, -0.15) is 4.98 Å². The van der Waals surface area contributed by atoms with Crippen LogP contribution in [0.15, 0.2) is 0 Å². The van der Waals surface area contributed by atoms with Gasteiger partial charge in [-0.1, -0.05) is 0 Å². The minimum absolute atomic E-state index is 0.511. The van der Waals surface area contributed by atoms with Gasteiger partial charge in [0.15, 0.2) is 0 Å². The summed E-state index contributed by atoms with van der Waals surface area (Å²) in [6.45, 7) is 10.4. The second kappa shape index (κ2) is 7.06. The SMILES string of the molecule is CCNc1nc(C)nc(OCCOCC)c1C. The van der Waals surface area contributed by atoms with Crippen molar-refractivity contribution in [2.75, 3.05) is 31.7 Å². The molecule has 96 valence electrons. The molecule has 0 fully saturated rings. The zero-order chi connectivity index (χ0) is 12.7. The summed E-state index contributed by atoms with van der Waals surface area (Å²) in [5, 5.41) is 3.20. The minimum atomic E-state index is 0.511. The molecule has 1 aromatic heterocycles. The molecule has 0 aliphatic carbocycles. The van der Waals surface area contributed by atoms with Crippen molar-refractivity contribution >= 4 is 5.82 Å². The van der Waals surface area contributed by atoms with Crippen LogP contribution < -0.4 is 10.1 Å². The first-order valence-electron chi connectivity index (χ1n) is 5.98. The van der Waals surface area contributed by atoms with Crippen LogP contribution in [0.5, 0.6) is 5.88 Å². The fourth-order valence-corrected chi connectivity index (χ4v) is 1.42. The zero-order valence-corrected chi connectivity index (χ0v) is 11.0. The lowest BCUT2D eigenvalue weighted by molar-refractivity contribution is 0.108. The highest BCUT2D eigenvalue weighted by Crippen LogP contribution is 2.21. The van der Waals surface area contributed by atoms with Gasteiger partial charge in [-0.05, 0) is 27.7 Å². The number of nitrogens with one attached hydrogen (secondary N) is 1. The lowest BCUT2D eigenvalue weighted by atomic mass is 10.3. The smallest absolute Gasteiger partial charge is 0.221 e. The van der Waals surface area contributed by atoms with Crippen LogP contribution in [-0.2, 0) is 4.74 Å². The molecule has 0 saturated heterocycles. The van der Waals surface area contributed by atoms with Crippen molar-refractivity contribution in [2.45, 2.75) is 27.7 Å². The van der Waals surface area contributed by atoms with E-state index in [1.807, 2.05) is 27.7 Å². The van der Waals surface area contributed by atoms with E-state index in [4.69, 9.17) is 9.47 Å². The van der Waals surface area contributed by atoms with Gasteiger partial charge in [0.05, 0.1) is 12.2 Å². The molecule has 1 rings (SSSR count). The highest BCUT2D eigenvalue weighted by atomic mass is 16.5. The Morgan fingerprint density at radius 2 is 1.88 bits per heavy atom. The van der Waals surface area contributed by atoms with Crippen LogP contribution in [0.4, 0.5) is 5.82 Å². The summed E-state index contributed by atoms with van der Waals surface area (Å²) < 4.78 is 10.8. The van der Waals surface area contributed by atoms with E-state index < -0.39 is 0 Å².